The molecular weight excluding hydrogens is 232 g/mol. The van der Waals surface area contributed by atoms with Crippen LogP contribution in [0.2, 0.25) is 0 Å². The third-order valence-corrected chi connectivity index (χ3v) is 3.80. The van der Waals surface area contributed by atoms with Gasteiger partial charge in [0, 0.05) is 5.41 Å². The molecule has 2 rings (SSSR count). The van der Waals surface area contributed by atoms with E-state index < -0.39 is 11.3 Å². The predicted octanol–water partition coefficient (Wildman–Crippen LogP) is 2.09. The SMILES string of the molecule is CC1(C)COC(=O)C2CC=CCC2(C)C(=O)OC1. The quantitative estimate of drug-likeness (QED) is 0.489. The molecule has 2 atom stereocenters. The molecule has 4 heteroatoms. The van der Waals surface area contributed by atoms with Crippen LogP contribution in [0, 0.1) is 16.7 Å². The Balaban J connectivity index is 2.32. The van der Waals surface area contributed by atoms with Crippen molar-refractivity contribution in [3.63, 3.8) is 0 Å². The van der Waals surface area contributed by atoms with E-state index in [1.165, 1.54) is 0 Å². The molecule has 0 aromatic rings. The van der Waals surface area contributed by atoms with Gasteiger partial charge in [-0.2, -0.15) is 0 Å². The molecule has 0 N–H and O–H groups in total. The van der Waals surface area contributed by atoms with Crippen LogP contribution in [0.15, 0.2) is 12.2 Å². The number of hydrogen-bond acceptors (Lipinski definition) is 4. The Morgan fingerprint density at radius 2 is 1.78 bits per heavy atom. The third kappa shape index (κ3) is 2.28. The van der Waals surface area contributed by atoms with Crippen molar-refractivity contribution in [1.29, 1.82) is 0 Å². The minimum Gasteiger partial charge on any atom is -0.465 e. The van der Waals surface area contributed by atoms with Crippen LogP contribution < -0.4 is 0 Å². The minimum absolute atomic E-state index is 0.283. The summed E-state index contributed by atoms with van der Waals surface area (Å²) < 4.78 is 10.7. The zero-order valence-electron chi connectivity index (χ0n) is 11.2. The number of carbonyl (C=O) groups is 2. The van der Waals surface area contributed by atoms with Crippen LogP contribution in [0.4, 0.5) is 0 Å². The summed E-state index contributed by atoms with van der Waals surface area (Å²) in [5.74, 6) is -0.999. The number of carbonyl (C=O) groups excluding carboxylic acids is 2. The van der Waals surface area contributed by atoms with Gasteiger partial charge in [-0.15, -0.1) is 0 Å². The first-order valence-electron chi connectivity index (χ1n) is 6.34. The maximum Gasteiger partial charge on any atom is 0.313 e. The Morgan fingerprint density at radius 1 is 1.11 bits per heavy atom. The highest BCUT2D eigenvalue weighted by Gasteiger charge is 2.48. The highest BCUT2D eigenvalue weighted by atomic mass is 16.6. The van der Waals surface area contributed by atoms with Gasteiger partial charge in [-0.25, -0.2) is 0 Å². The lowest BCUT2D eigenvalue weighted by atomic mass is 9.70. The minimum atomic E-state index is -0.785. The van der Waals surface area contributed by atoms with E-state index in [4.69, 9.17) is 9.47 Å². The summed E-state index contributed by atoms with van der Waals surface area (Å²) in [6.07, 6.45) is 4.95. The Bertz CT molecular complexity index is 397. The van der Waals surface area contributed by atoms with Gasteiger partial charge in [-0.05, 0) is 19.8 Å². The fourth-order valence-electron chi connectivity index (χ4n) is 2.38. The Labute approximate surface area is 107 Å². The number of esters is 2. The summed E-state index contributed by atoms with van der Waals surface area (Å²) in [6, 6.07) is 0. The van der Waals surface area contributed by atoms with E-state index in [1.807, 2.05) is 26.0 Å². The normalized spacial score (nSPS) is 35.6. The molecule has 1 aliphatic carbocycles. The van der Waals surface area contributed by atoms with Gasteiger partial charge < -0.3 is 9.47 Å². The zero-order chi connectivity index (χ0) is 13.4. The summed E-state index contributed by atoms with van der Waals surface area (Å²) in [5.41, 5.74) is -1.12. The van der Waals surface area contributed by atoms with Crippen LogP contribution in [-0.2, 0) is 19.1 Å². The first-order chi connectivity index (χ1) is 8.35. The van der Waals surface area contributed by atoms with Gasteiger partial charge in [0.15, 0.2) is 0 Å². The summed E-state index contributed by atoms with van der Waals surface area (Å²) in [4.78, 5) is 24.4. The van der Waals surface area contributed by atoms with Crippen molar-refractivity contribution >= 4 is 11.9 Å². The second kappa shape index (κ2) is 4.41. The molecule has 1 heterocycles. The number of cyclic esters (lactones) is 2. The molecule has 1 aliphatic heterocycles. The molecule has 1 saturated heterocycles. The zero-order valence-corrected chi connectivity index (χ0v) is 11.2. The van der Waals surface area contributed by atoms with Crippen molar-refractivity contribution in [3.05, 3.63) is 12.2 Å². The van der Waals surface area contributed by atoms with Crippen LogP contribution >= 0.6 is 0 Å². The van der Waals surface area contributed by atoms with Crippen molar-refractivity contribution in [2.24, 2.45) is 16.7 Å². The Morgan fingerprint density at radius 3 is 2.50 bits per heavy atom. The van der Waals surface area contributed by atoms with Crippen LogP contribution in [0.3, 0.4) is 0 Å². The summed E-state index contributed by atoms with van der Waals surface area (Å²) in [5, 5.41) is 0. The molecule has 0 bridgehead atoms. The number of ether oxygens (including phenoxy) is 2. The highest BCUT2D eigenvalue weighted by molar-refractivity contribution is 5.86. The van der Waals surface area contributed by atoms with E-state index in [0.29, 0.717) is 12.8 Å². The molecule has 0 amide bonds. The number of fused-ring (bicyclic) bond motifs is 1. The summed E-state index contributed by atoms with van der Waals surface area (Å²) >= 11 is 0. The Kier molecular flexibility index (Phi) is 3.21. The standard InChI is InChI=1S/C14H20O4/c1-13(2)8-17-11(15)10-6-4-5-7-14(10,3)12(16)18-9-13/h4-5,10H,6-9H2,1-3H3. The van der Waals surface area contributed by atoms with E-state index in [9.17, 15) is 9.59 Å². The average Bonchev–Trinajstić information content (AvgIpc) is 2.35. The molecular formula is C14H20O4. The van der Waals surface area contributed by atoms with Gasteiger partial charge in [0.1, 0.15) is 0 Å². The molecule has 2 unspecified atom stereocenters. The van der Waals surface area contributed by atoms with Gasteiger partial charge >= 0.3 is 11.9 Å². The average molecular weight is 252 g/mol. The largest absolute Gasteiger partial charge is 0.465 e. The van der Waals surface area contributed by atoms with Gasteiger partial charge in [-0.3, -0.25) is 9.59 Å². The smallest absolute Gasteiger partial charge is 0.313 e. The molecule has 4 nitrogen and oxygen atoms in total. The molecule has 2 aliphatic rings. The molecule has 1 fully saturated rings. The lowest BCUT2D eigenvalue weighted by molar-refractivity contribution is -0.165. The van der Waals surface area contributed by atoms with Gasteiger partial charge in [0.05, 0.1) is 24.5 Å². The third-order valence-electron chi connectivity index (χ3n) is 3.80. The lowest BCUT2D eigenvalue weighted by Gasteiger charge is -2.34. The molecule has 0 aromatic heterocycles. The predicted molar refractivity (Wildman–Crippen MR) is 65.7 cm³/mol. The van der Waals surface area contributed by atoms with Gasteiger partial charge in [0.2, 0.25) is 0 Å². The second-order valence-corrected chi connectivity index (χ2v) is 6.23. The van der Waals surface area contributed by atoms with Crippen LogP contribution in [0.25, 0.3) is 0 Å². The van der Waals surface area contributed by atoms with Crippen LogP contribution in [-0.4, -0.2) is 25.2 Å². The maximum absolute atomic E-state index is 12.2. The number of rotatable bonds is 0. The van der Waals surface area contributed by atoms with Crippen LogP contribution in [0.5, 0.6) is 0 Å². The van der Waals surface area contributed by atoms with Gasteiger partial charge in [-0.1, -0.05) is 26.0 Å². The summed E-state index contributed by atoms with van der Waals surface area (Å²) in [7, 11) is 0. The van der Waals surface area contributed by atoms with Crippen molar-refractivity contribution < 1.29 is 19.1 Å². The number of allylic oxidation sites excluding steroid dienone is 2. The van der Waals surface area contributed by atoms with E-state index in [-0.39, 0.29) is 30.6 Å². The monoisotopic (exact) mass is 252 g/mol. The molecule has 0 spiro atoms. The highest BCUT2D eigenvalue weighted by Crippen LogP contribution is 2.41. The fourth-order valence-corrected chi connectivity index (χ4v) is 2.38. The van der Waals surface area contributed by atoms with Crippen molar-refractivity contribution in [3.8, 4) is 0 Å². The maximum atomic E-state index is 12.2. The van der Waals surface area contributed by atoms with Crippen LogP contribution in [0.1, 0.15) is 33.6 Å². The van der Waals surface area contributed by atoms with E-state index in [2.05, 4.69) is 0 Å². The number of hydrogen-bond donors (Lipinski definition) is 0. The molecule has 0 radical (unpaired) electrons. The molecule has 0 saturated carbocycles. The van der Waals surface area contributed by atoms with Crippen molar-refractivity contribution in [2.45, 2.75) is 33.6 Å². The molecule has 0 aromatic carbocycles. The van der Waals surface area contributed by atoms with Crippen molar-refractivity contribution in [1.82, 2.24) is 0 Å². The van der Waals surface area contributed by atoms with Gasteiger partial charge in [0.25, 0.3) is 0 Å². The fraction of sp³-hybridized carbons (Fsp3) is 0.714. The Hall–Kier alpha value is -1.32. The van der Waals surface area contributed by atoms with E-state index >= 15 is 0 Å². The molecule has 18 heavy (non-hydrogen) atoms. The topological polar surface area (TPSA) is 52.6 Å². The van der Waals surface area contributed by atoms with Crippen molar-refractivity contribution in [2.75, 3.05) is 13.2 Å². The molecule has 100 valence electrons. The second-order valence-electron chi connectivity index (χ2n) is 6.23. The first-order valence-corrected chi connectivity index (χ1v) is 6.34. The lowest BCUT2D eigenvalue weighted by Crippen LogP contribution is -2.42. The van der Waals surface area contributed by atoms with E-state index in [0.717, 1.165) is 0 Å². The first kappa shape index (κ1) is 13.1. The van der Waals surface area contributed by atoms with E-state index in [1.54, 1.807) is 6.92 Å². The summed E-state index contributed by atoms with van der Waals surface area (Å²) in [6.45, 7) is 6.20.